The minimum absolute atomic E-state index is 0.00106. The minimum atomic E-state index is 0.00106. The Balaban J connectivity index is 1.87. The van der Waals surface area contributed by atoms with Gasteiger partial charge in [0, 0.05) is 32.7 Å². The number of aliphatic hydroxyl groups excluding tert-OH is 1. The third-order valence-electron chi connectivity index (χ3n) is 2.80. The normalized spacial score (nSPS) is 17.7. The van der Waals surface area contributed by atoms with E-state index >= 15 is 0 Å². The van der Waals surface area contributed by atoms with Crippen molar-refractivity contribution in [2.45, 2.75) is 0 Å². The van der Waals surface area contributed by atoms with Crippen molar-refractivity contribution in [3.8, 4) is 0 Å². The fourth-order valence-electron chi connectivity index (χ4n) is 1.86. The van der Waals surface area contributed by atoms with Crippen LogP contribution in [0.2, 0.25) is 0 Å². The summed E-state index contributed by atoms with van der Waals surface area (Å²) >= 11 is 0. The molecule has 0 atom stereocenters. The van der Waals surface area contributed by atoms with E-state index in [9.17, 15) is 4.79 Å². The highest BCUT2D eigenvalue weighted by Gasteiger charge is 2.22. The monoisotopic (exact) mass is 224 g/mol. The van der Waals surface area contributed by atoms with Crippen molar-refractivity contribution in [1.29, 1.82) is 0 Å². The van der Waals surface area contributed by atoms with Crippen molar-refractivity contribution in [3.63, 3.8) is 0 Å². The van der Waals surface area contributed by atoms with Crippen molar-refractivity contribution >= 4 is 5.91 Å². The summed E-state index contributed by atoms with van der Waals surface area (Å²) < 4.78 is 0. The van der Waals surface area contributed by atoms with Crippen LogP contribution in [0.5, 0.6) is 0 Å². The molecule has 6 heteroatoms. The number of aromatic amines is 1. The maximum Gasteiger partial charge on any atom is 0.272 e. The number of H-pyrrole nitrogens is 1. The zero-order valence-corrected chi connectivity index (χ0v) is 9.09. The van der Waals surface area contributed by atoms with E-state index in [1.54, 1.807) is 11.1 Å². The molecule has 0 radical (unpaired) electrons. The molecule has 0 aromatic carbocycles. The van der Waals surface area contributed by atoms with Gasteiger partial charge in [0.2, 0.25) is 0 Å². The van der Waals surface area contributed by atoms with Gasteiger partial charge >= 0.3 is 0 Å². The zero-order chi connectivity index (χ0) is 11.4. The van der Waals surface area contributed by atoms with Crippen LogP contribution in [-0.2, 0) is 0 Å². The number of nitrogens with one attached hydrogen (secondary N) is 1. The lowest BCUT2D eigenvalue weighted by Gasteiger charge is -2.34. The highest BCUT2D eigenvalue weighted by molar-refractivity contribution is 5.92. The van der Waals surface area contributed by atoms with Crippen LogP contribution in [0.15, 0.2) is 12.5 Å². The van der Waals surface area contributed by atoms with Crippen molar-refractivity contribution in [2.24, 2.45) is 0 Å². The van der Waals surface area contributed by atoms with Crippen molar-refractivity contribution in [3.05, 3.63) is 18.2 Å². The average molecular weight is 224 g/mol. The molecule has 1 fully saturated rings. The van der Waals surface area contributed by atoms with Crippen LogP contribution in [0, 0.1) is 0 Å². The highest BCUT2D eigenvalue weighted by atomic mass is 16.3. The van der Waals surface area contributed by atoms with Crippen LogP contribution in [0.4, 0.5) is 0 Å². The predicted molar refractivity (Wildman–Crippen MR) is 58.0 cm³/mol. The first-order valence-electron chi connectivity index (χ1n) is 5.42. The van der Waals surface area contributed by atoms with Crippen molar-refractivity contribution < 1.29 is 9.90 Å². The van der Waals surface area contributed by atoms with Crippen LogP contribution in [0.3, 0.4) is 0 Å². The van der Waals surface area contributed by atoms with Gasteiger partial charge in [-0.3, -0.25) is 9.69 Å². The zero-order valence-electron chi connectivity index (χ0n) is 9.09. The number of hydrogen-bond acceptors (Lipinski definition) is 4. The Morgan fingerprint density at radius 3 is 2.75 bits per heavy atom. The molecule has 2 N–H and O–H groups in total. The Hall–Kier alpha value is -1.40. The molecular formula is C10H16N4O2. The maximum atomic E-state index is 11.9. The molecule has 2 heterocycles. The summed E-state index contributed by atoms with van der Waals surface area (Å²) in [4.78, 5) is 22.5. The van der Waals surface area contributed by atoms with Gasteiger partial charge in [-0.15, -0.1) is 0 Å². The number of imidazole rings is 1. The fraction of sp³-hybridized carbons (Fsp3) is 0.600. The molecular weight excluding hydrogens is 208 g/mol. The highest BCUT2D eigenvalue weighted by Crippen LogP contribution is 2.05. The number of nitrogens with zero attached hydrogens (tertiary/aromatic N) is 3. The topological polar surface area (TPSA) is 72.5 Å². The van der Waals surface area contributed by atoms with Crippen molar-refractivity contribution in [2.75, 3.05) is 39.3 Å². The first kappa shape index (κ1) is 11.1. The van der Waals surface area contributed by atoms with E-state index in [0.717, 1.165) is 13.1 Å². The molecule has 0 unspecified atom stereocenters. The van der Waals surface area contributed by atoms with Gasteiger partial charge in [-0.1, -0.05) is 0 Å². The molecule has 0 aliphatic carbocycles. The second-order valence-corrected chi connectivity index (χ2v) is 3.82. The van der Waals surface area contributed by atoms with E-state index in [1.165, 1.54) is 6.33 Å². The quantitative estimate of drug-likeness (QED) is 0.702. The number of hydrogen-bond donors (Lipinski definition) is 2. The minimum Gasteiger partial charge on any atom is -0.395 e. The van der Waals surface area contributed by atoms with Crippen LogP contribution in [0.1, 0.15) is 10.5 Å². The first-order chi connectivity index (χ1) is 7.81. The summed E-state index contributed by atoms with van der Waals surface area (Å²) in [5, 5.41) is 8.81. The number of amides is 1. The largest absolute Gasteiger partial charge is 0.395 e. The molecule has 1 aliphatic heterocycles. The SMILES string of the molecule is O=C(c1cnc[nH]1)N1CCN(CCO)CC1. The number of rotatable bonds is 3. The Morgan fingerprint density at radius 1 is 1.44 bits per heavy atom. The van der Waals surface area contributed by atoms with Gasteiger partial charge in [0.05, 0.1) is 19.1 Å². The molecule has 0 bridgehead atoms. The van der Waals surface area contributed by atoms with E-state index in [2.05, 4.69) is 14.9 Å². The summed E-state index contributed by atoms with van der Waals surface area (Å²) in [6.45, 7) is 3.91. The Labute approximate surface area is 93.9 Å². The van der Waals surface area contributed by atoms with E-state index < -0.39 is 0 Å². The molecule has 1 amide bonds. The number of aliphatic hydroxyl groups is 1. The molecule has 0 spiro atoms. The smallest absolute Gasteiger partial charge is 0.272 e. The number of carbonyl (C=O) groups is 1. The molecule has 0 saturated carbocycles. The molecule has 1 aliphatic rings. The van der Waals surface area contributed by atoms with Crippen LogP contribution >= 0.6 is 0 Å². The Kier molecular flexibility index (Phi) is 3.53. The summed E-state index contributed by atoms with van der Waals surface area (Å²) in [6, 6.07) is 0. The summed E-state index contributed by atoms with van der Waals surface area (Å²) in [7, 11) is 0. The molecule has 88 valence electrons. The number of aromatic nitrogens is 2. The second-order valence-electron chi connectivity index (χ2n) is 3.82. The van der Waals surface area contributed by atoms with Gasteiger partial charge < -0.3 is 15.0 Å². The van der Waals surface area contributed by atoms with Crippen molar-refractivity contribution in [1.82, 2.24) is 19.8 Å². The Bertz CT molecular complexity index is 331. The van der Waals surface area contributed by atoms with Crippen LogP contribution in [0.25, 0.3) is 0 Å². The fourth-order valence-corrected chi connectivity index (χ4v) is 1.86. The number of carbonyl (C=O) groups excluding carboxylic acids is 1. The molecule has 1 aromatic heterocycles. The van der Waals surface area contributed by atoms with Gasteiger partial charge in [-0.05, 0) is 0 Å². The lowest BCUT2D eigenvalue weighted by Crippen LogP contribution is -2.49. The lowest BCUT2D eigenvalue weighted by atomic mass is 10.3. The molecule has 2 rings (SSSR count). The maximum absolute atomic E-state index is 11.9. The average Bonchev–Trinajstić information content (AvgIpc) is 2.83. The first-order valence-corrected chi connectivity index (χ1v) is 5.42. The molecule has 16 heavy (non-hydrogen) atoms. The lowest BCUT2D eigenvalue weighted by molar-refractivity contribution is 0.0610. The number of piperazine rings is 1. The molecule has 1 saturated heterocycles. The molecule has 1 aromatic rings. The van der Waals surface area contributed by atoms with E-state index in [4.69, 9.17) is 5.11 Å². The van der Waals surface area contributed by atoms with Crippen LogP contribution < -0.4 is 0 Å². The Morgan fingerprint density at radius 2 is 2.19 bits per heavy atom. The van der Waals surface area contributed by atoms with E-state index in [0.29, 0.717) is 25.3 Å². The van der Waals surface area contributed by atoms with Gasteiger partial charge in [0.25, 0.3) is 5.91 Å². The van der Waals surface area contributed by atoms with Gasteiger partial charge in [0.15, 0.2) is 0 Å². The summed E-state index contributed by atoms with van der Waals surface area (Å²) in [6.07, 6.45) is 3.05. The third-order valence-corrected chi connectivity index (χ3v) is 2.80. The third kappa shape index (κ3) is 2.40. The van der Waals surface area contributed by atoms with Crippen LogP contribution in [-0.4, -0.2) is 70.1 Å². The van der Waals surface area contributed by atoms with E-state index in [1.807, 2.05) is 0 Å². The van der Waals surface area contributed by atoms with Gasteiger partial charge in [-0.25, -0.2) is 4.98 Å². The molecule has 6 nitrogen and oxygen atoms in total. The summed E-state index contributed by atoms with van der Waals surface area (Å²) in [5.41, 5.74) is 0.538. The predicted octanol–water partition coefficient (Wildman–Crippen LogP) is -0.840. The standard InChI is InChI=1S/C10H16N4O2/c15-6-5-13-1-3-14(4-2-13)10(16)9-7-11-8-12-9/h7-8,15H,1-6H2,(H,11,12). The van der Waals surface area contributed by atoms with E-state index in [-0.39, 0.29) is 12.5 Å². The number of β-amino-alcohol motifs (C(OH)–C–C–N with tert-alkyl or cyclic N) is 1. The second kappa shape index (κ2) is 5.09. The summed E-state index contributed by atoms with van der Waals surface area (Å²) in [5.74, 6) is 0.00106. The van der Waals surface area contributed by atoms with Gasteiger partial charge in [0.1, 0.15) is 5.69 Å². The van der Waals surface area contributed by atoms with Gasteiger partial charge in [-0.2, -0.15) is 0 Å².